The third-order valence-corrected chi connectivity index (χ3v) is 9.78. The van der Waals surface area contributed by atoms with E-state index in [2.05, 4.69) is 30.9 Å². The molecule has 0 bridgehead atoms. The first-order valence-electron chi connectivity index (χ1n) is 13.3. The Hall–Kier alpha value is -2.73. The first kappa shape index (κ1) is 24.0. The van der Waals surface area contributed by atoms with Gasteiger partial charge in [0.2, 0.25) is 0 Å². The van der Waals surface area contributed by atoms with Crippen LogP contribution < -0.4 is 0 Å². The molecule has 0 radical (unpaired) electrons. The highest BCUT2D eigenvalue weighted by Crippen LogP contribution is 2.69. The SMILES string of the molecule is CC#C[C@]1(C(=O)CC)CC[C@H]2[C@@H]3CCC4=CC(=O)CCC4=C3[C@@H](c3ccc(C(C)=O)cc3)C[C@@]21C. The maximum absolute atomic E-state index is 13.6. The van der Waals surface area contributed by atoms with Crippen LogP contribution in [0, 0.1) is 34.5 Å². The van der Waals surface area contributed by atoms with Crippen molar-refractivity contribution in [3.05, 3.63) is 58.2 Å². The predicted octanol–water partition coefficient (Wildman–Crippen LogP) is 6.78. The second kappa shape index (κ2) is 8.74. The van der Waals surface area contributed by atoms with Crippen LogP contribution in [-0.2, 0) is 9.59 Å². The minimum atomic E-state index is -0.590. The van der Waals surface area contributed by atoms with E-state index in [0.717, 1.165) is 44.1 Å². The zero-order chi connectivity index (χ0) is 25.0. The molecule has 3 nitrogen and oxygen atoms in total. The summed E-state index contributed by atoms with van der Waals surface area (Å²) in [4.78, 5) is 37.8. The Balaban J connectivity index is 1.70. The number of hydrogen-bond donors (Lipinski definition) is 0. The summed E-state index contributed by atoms with van der Waals surface area (Å²) >= 11 is 0. The van der Waals surface area contributed by atoms with Crippen LogP contribution in [0.3, 0.4) is 0 Å². The second-order valence-electron chi connectivity index (χ2n) is 11.3. The summed E-state index contributed by atoms with van der Waals surface area (Å²) in [6, 6.07) is 8.12. The lowest BCUT2D eigenvalue weighted by Gasteiger charge is -2.54. The molecule has 1 aromatic carbocycles. The summed E-state index contributed by atoms with van der Waals surface area (Å²) in [6.45, 7) is 7.79. The fourth-order valence-corrected chi connectivity index (χ4v) is 8.19. The summed E-state index contributed by atoms with van der Waals surface area (Å²) in [5, 5.41) is 0. The third-order valence-electron chi connectivity index (χ3n) is 9.78. The van der Waals surface area contributed by atoms with Crippen LogP contribution in [0.15, 0.2) is 47.1 Å². The largest absolute Gasteiger partial charge is 0.298 e. The van der Waals surface area contributed by atoms with Crippen molar-refractivity contribution in [3.63, 3.8) is 0 Å². The van der Waals surface area contributed by atoms with E-state index in [0.29, 0.717) is 30.5 Å². The van der Waals surface area contributed by atoms with Gasteiger partial charge in [0.25, 0.3) is 0 Å². The Kier molecular flexibility index (Phi) is 5.99. The molecular formula is C32H36O3. The van der Waals surface area contributed by atoms with Gasteiger partial charge in [0, 0.05) is 24.3 Å². The zero-order valence-electron chi connectivity index (χ0n) is 21.5. The number of allylic oxidation sites excluding steroid dienone is 4. The highest BCUT2D eigenvalue weighted by molar-refractivity contribution is 5.94. The van der Waals surface area contributed by atoms with Gasteiger partial charge in [0.15, 0.2) is 17.3 Å². The Morgan fingerprint density at radius 2 is 1.83 bits per heavy atom. The lowest BCUT2D eigenvalue weighted by Crippen LogP contribution is -2.50. The van der Waals surface area contributed by atoms with Gasteiger partial charge in [-0.15, -0.1) is 5.92 Å². The molecule has 182 valence electrons. The normalized spacial score (nSPS) is 33.7. The van der Waals surface area contributed by atoms with Crippen molar-refractivity contribution in [2.24, 2.45) is 22.7 Å². The Bertz CT molecular complexity index is 1220. The molecule has 35 heavy (non-hydrogen) atoms. The van der Waals surface area contributed by atoms with Gasteiger partial charge in [-0.3, -0.25) is 14.4 Å². The number of benzene rings is 1. The molecule has 2 saturated carbocycles. The van der Waals surface area contributed by atoms with Gasteiger partial charge in [0.05, 0.1) is 5.41 Å². The molecular weight excluding hydrogens is 432 g/mol. The topological polar surface area (TPSA) is 51.2 Å². The molecule has 3 heteroatoms. The smallest absolute Gasteiger partial charge is 0.159 e. The van der Waals surface area contributed by atoms with Crippen LogP contribution >= 0.6 is 0 Å². The fraction of sp³-hybridized carbons (Fsp3) is 0.531. The molecule has 1 aromatic rings. The van der Waals surface area contributed by atoms with Crippen molar-refractivity contribution in [1.29, 1.82) is 0 Å². The predicted molar refractivity (Wildman–Crippen MR) is 138 cm³/mol. The molecule has 4 aliphatic carbocycles. The standard InChI is InChI=1S/C32H36O3/c1-5-16-32(29(35)6-2)17-15-28-26-13-11-23-18-24(34)12-14-25(23)30(26)27(19-31(28,32)4)22-9-7-21(8-10-22)20(3)33/h7-10,18,26-28H,6,11-15,17,19H2,1-4H3/t26-,27+,28-,31-,32+/m0/s1. The molecule has 0 N–H and O–H groups in total. The molecule has 0 spiro atoms. The number of fused-ring (bicyclic) bond motifs is 4. The van der Waals surface area contributed by atoms with E-state index < -0.39 is 5.41 Å². The maximum atomic E-state index is 13.6. The average molecular weight is 469 g/mol. The van der Waals surface area contributed by atoms with E-state index in [1.807, 2.05) is 32.1 Å². The van der Waals surface area contributed by atoms with Gasteiger partial charge >= 0.3 is 0 Å². The van der Waals surface area contributed by atoms with Gasteiger partial charge in [-0.25, -0.2) is 0 Å². The molecule has 4 aliphatic rings. The molecule has 0 unspecified atom stereocenters. The fourth-order valence-electron chi connectivity index (χ4n) is 8.19. The van der Waals surface area contributed by atoms with Gasteiger partial charge in [-0.05, 0) is 92.4 Å². The van der Waals surface area contributed by atoms with Crippen LogP contribution in [0.25, 0.3) is 0 Å². The molecule has 0 saturated heterocycles. The van der Waals surface area contributed by atoms with Crippen molar-refractivity contribution < 1.29 is 14.4 Å². The van der Waals surface area contributed by atoms with Crippen molar-refractivity contribution in [3.8, 4) is 11.8 Å². The summed E-state index contributed by atoms with van der Waals surface area (Å²) in [5.74, 6) is 8.26. The first-order chi connectivity index (χ1) is 16.8. The van der Waals surface area contributed by atoms with Gasteiger partial charge < -0.3 is 0 Å². The van der Waals surface area contributed by atoms with Crippen LogP contribution in [0.5, 0.6) is 0 Å². The second-order valence-corrected chi connectivity index (χ2v) is 11.3. The highest BCUT2D eigenvalue weighted by atomic mass is 16.1. The first-order valence-corrected chi connectivity index (χ1v) is 13.3. The molecule has 0 aliphatic heterocycles. The van der Waals surface area contributed by atoms with E-state index in [4.69, 9.17) is 0 Å². The van der Waals surface area contributed by atoms with E-state index in [1.165, 1.54) is 22.3 Å². The van der Waals surface area contributed by atoms with Crippen LogP contribution in [-0.4, -0.2) is 17.3 Å². The number of carbonyl (C=O) groups excluding carboxylic acids is 3. The van der Waals surface area contributed by atoms with E-state index in [9.17, 15) is 14.4 Å². The third kappa shape index (κ3) is 3.52. The highest BCUT2D eigenvalue weighted by Gasteiger charge is 2.65. The van der Waals surface area contributed by atoms with Gasteiger partial charge in [-0.1, -0.05) is 49.6 Å². The maximum Gasteiger partial charge on any atom is 0.159 e. The number of hydrogen-bond acceptors (Lipinski definition) is 3. The van der Waals surface area contributed by atoms with Crippen molar-refractivity contribution in [1.82, 2.24) is 0 Å². The molecule has 0 aromatic heterocycles. The lowest BCUT2D eigenvalue weighted by molar-refractivity contribution is -0.132. The minimum Gasteiger partial charge on any atom is -0.298 e. The van der Waals surface area contributed by atoms with E-state index in [-0.39, 0.29) is 22.9 Å². The summed E-state index contributed by atoms with van der Waals surface area (Å²) < 4.78 is 0. The van der Waals surface area contributed by atoms with Crippen molar-refractivity contribution in [2.45, 2.75) is 85.0 Å². The van der Waals surface area contributed by atoms with Crippen molar-refractivity contribution in [2.75, 3.05) is 0 Å². The number of Topliss-reactive ketones (excluding diaryl/α,β-unsaturated/α-hetero) is 2. The molecule has 2 fully saturated rings. The van der Waals surface area contributed by atoms with Crippen LogP contribution in [0.2, 0.25) is 0 Å². The monoisotopic (exact) mass is 468 g/mol. The molecule has 5 rings (SSSR count). The zero-order valence-corrected chi connectivity index (χ0v) is 21.5. The molecule has 0 amide bonds. The quantitative estimate of drug-likeness (QED) is 0.362. The Morgan fingerprint density at radius 1 is 1.09 bits per heavy atom. The summed E-state index contributed by atoms with van der Waals surface area (Å²) in [6.07, 6.45) is 8.58. The summed E-state index contributed by atoms with van der Waals surface area (Å²) in [5.41, 5.74) is 5.31. The lowest BCUT2D eigenvalue weighted by atomic mass is 9.48. The summed E-state index contributed by atoms with van der Waals surface area (Å²) in [7, 11) is 0. The number of rotatable bonds is 4. The number of ketones is 3. The van der Waals surface area contributed by atoms with Gasteiger partial charge in [-0.2, -0.15) is 0 Å². The van der Waals surface area contributed by atoms with Crippen LogP contribution in [0.1, 0.15) is 101 Å². The van der Waals surface area contributed by atoms with Crippen molar-refractivity contribution >= 4 is 17.3 Å². The van der Waals surface area contributed by atoms with E-state index in [1.54, 1.807) is 6.92 Å². The molecule has 0 heterocycles. The van der Waals surface area contributed by atoms with Crippen LogP contribution in [0.4, 0.5) is 0 Å². The number of carbonyl (C=O) groups is 3. The Morgan fingerprint density at radius 3 is 2.49 bits per heavy atom. The molecule has 5 atom stereocenters. The Labute approximate surface area is 209 Å². The average Bonchev–Trinajstić information content (AvgIpc) is 3.15. The minimum absolute atomic E-state index is 0.0716. The van der Waals surface area contributed by atoms with Gasteiger partial charge in [0.1, 0.15) is 0 Å². The van der Waals surface area contributed by atoms with E-state index >= 15 is 0 Å².